The van der Waals surface area contributed by atoms with Crippen molar-refractivity contribution in [2.45, 2.75) is 40.0 Å². The highest BCUT2D eigenvalue weighted by molar-refractivity contribution is 9.09. The van der Waals surface area contributed by atoms with Gasteiger partial charge in [0, 0.05) is 10.7 Å². The normalized spacial score (nSPS) is 12.5. The molecule has 0 radical (unpaired) electrons. The molecule has 0 saturated carbocycles. The van der Waals surface area contributed by atoms with E-state index in [1.807, 2.05) is 0 Å². The summed E-state index contributed by atoms with van der Waals surface area (Å²) in [6, 6.07) is 0. The minimum atomic E-state index is 0.489. The largest absolute Gasteiger partial charge is 0.0922 e. The smallest absolute Gasteiger partial charge is 0.00960 e. The van der Waals surface area contributed by atoms with Crippen LogP contribution in [0.4, 0.5) is 0 Å². The maximum atomic E-state index is 3.63. The number of halogens is 2. The van der Waals surface area contributed by atoms with Crippen LogP contribution in [-0.4, -0.2) is 10.7 Å². The molecule has 74 valence electrons. The van der Waals surface area contributed by atoms with Crippen LogP contribution in [0.25, 0.3) is 0 Å². The van der Waals surface area contributed by atoms with E-state index in [-0.39, 0.29) is 0 Å². The first kappa shape index (κ1) is 13.0. The van der Waals surface area contributed by atoms with E-state index in [9.17, 15) is 0 Å². The zero-order chi connectivity index (χ0) is 9.61. The number of alkyl halides is 2. The van der Waals surface area contributed by atoms with E-state index in [2.05, 4.69) is 52.6 Å². The third kappa shape index (κ3) is 4.27. The molecule has 0 atom stereocenters. The van der Waals surface area contributed by atoms with Gasteiger partial charge in [-0.15, -0.1) is 0 Å². The van der Waals surface area contributed by atoms with Crippen molar-refractivity contribution in [3.05, 3.63) is 0 Å². The molecule has 0 aliphatic heterocycles. The van der Waals surface area contributed by atoms with Gasteiger partial charge in [0.05, 0.1) is 0 Å². The molecule has 0 nitrogen and oxygen atoms in total. The van der Waals surface area contributed by atoms with Crippen LogP contribution in [0.3, 0.4) is 0 Å². The molecule has 0 aliphatic carbocycles. The summed E-state index contributed by atoms with van der Waals surface area (Å²) >= 11 is 7.27. The summed E-state index contributed by atoms with van der Waals surface area (Å²) in [7, 11) is 0. The summed E-state index contributed by atoms with van der Waals surface area (Å²) in [6.07, 6.45) is 3.92. The Morgan fingerprint density at radius 2 is 1.67 bits per heavy atom. The van der Waals surface area contributed by atoms with Crippen molar-refractivity contribution in [2.75, 3.05) is 10.7 Å². The molecule has 0 aliphatic rings. The molecule has 0 fully saturated rings. The lowest BCUT2D eigenvalue weighted by molar-refractivity contribution is 0.282. The minimum absolute atomic E-state index is 0.489. The van der Waals surface area contributed by atoms with E-state index in [1.54, 1.807) is 0 Å². The van der Waals surface area contributed by atoms with E-state index in [1.165, 1.54) is 19.3 Å². The molecule has 0 bridgehead atoms. The van der Waals surface area contributed by atoms with Crippen molar-refractivity contribution in [1.29, 1.82) is 0 Å². The molecule has 0 aromatic rings. The predicted molar refractivity (Wildman–Crippen MR) is 64.4 cm³/mol. The molecular formula is C10H20Br2. The van der Waals surface area contributed by atoms with E-state index >= 15 is 0 Å². The van der Waals surface area contributed by atoms with Gasteiger partial charge in [-0.3, -0.25) is 0 Å². The third-order valence-corrected chi connectivity index (χ3v) is 4.57. The molecule has 0 aromatic carbocycles. The van der Waals surface area contributed by atoms with Crippen LogP contribution in [0.15, 0.2) is 0 Å². The van der Waals surface area contributed by atoms with Crippen molar-refractivity contribution in [3.63, 3.8) is 0 Å². The lowest BCUT2D eigenvalue weighted by atomic mass is 9.80. The number of hydrogen-bond donors (Lipinski definition) is 0. The summed E-state index contributed by atoms with van der Waals surface area (Å²) in [4.78, 5) is 0. The van der Waals surface area contributed by atoms with Gasteiger partial charge >= 0.3 is 0 Å². The average molecular weight is 300 g/mol. The molecule has 0 heterocycles. The van der Waals surface area contributed by atoms with Gasteiger partial charge in [-0.25, -0.2) is 0 Å². The van der Waals surface area contributed by atoms with E-state index in [0.717, 1.165) is 16.6 Å². The summed E-state index contributed by atoms with van der Waals surface area (Å²) in [5.41, 5.74) is 0.489. The quantitative estimate of drug-likeness (QED) is 0.628. The first-order valence-corrected chi connectivity index (χ1v) is 6.96. The van der Waals surface area contributed by atoms with Crippen LogP contribution in [0.1, 0.15) is 40.0 Å². The Kier molecular flexibility index (Phi) is 6.93. The first-order valence-electron chi connectivity index (χ1n) is 4.72. The van der Waals surface area contributed by atoms with E-state index < -0.39 is 0 Å². The first-order chi connectivity index (χ1) is 5.60. The fourth-order valence-corrected chi connectivity index (χ4v) is 3.72. The second kappa shape index (κ2) is 6.42. The van der Waals surface area contributed by atoms with Gasteiger partial charge in [-0.1, -0.05) is 59.1 Å². The third-order valence-electron chi connectivity index (χ3n) is 2.19. The molecule has 0 aromatic heterocycles. The van der Waals surface area contributed by atoms with Crippen molar-refractivity contribution in [1.82, 2.24) is 0 Å². The minimum Gasteiger partial charge on any atom is -0.0922 e. The Labute approximate surface area is 93.8 Å². The van der Waals surface area contributed by atoms with Crippen LogP contribution >= 0.6 is 31.9 Å². The second-order valence-corrected chi connectivity index (χ2v) is 5.24. The lowest BCUT2D eigenvalue weighted by Crippen LogP contribution is -2.26. The predicted octanol–water partition coefficient (Wildman–Crippen LogP) is 4.61. The average Bonchev–Trinajstić information content (AvgIpc) is 2.03. The molecule has 0 N–H and O–H groups in total. The van der Waals surface area contributed by atoms with Gasteiger partial charge in [0.1, 0.15) is 0 Å². The van der Waals surface area contributed by atoms with Gasteiger partial charge in [0.15, 0.2) is 0 Å². The lowest BCUT2D eigenvalue weighted by Gasteiger charge is -2.31. The van der Waals surface area contributed by atoms with Gasteiger partial charge < -0.3 is 0 Å². The van der Waals surface area contributed by atoms with Crippen molar-refractivity contribution >= 4 is 31.9 Å². The molecule has 0 rings (SSSR count). The Morgan fingerprint density at radius 1 is 1.17 bits per heavy atom. The second-order valence-electron chi connectivity index (χ2n) is 4.12. The topological polar surface area (TPSA) is 0 Å². The zero-order valence-corrected chi connectivity index (χ0v) is 11.5. The Bertz CT molecular complexity index is 106. The SMILES string of the molecule is CCCC(CBr)(CBr)CC(C)C. The van der Waals surface area contributed by atoms with Crippen molar-refractivity contribution < 1.29 is 0 Å². The molecule has 2 heteroatoms. The van der Waals surface area contributed by atoms with Crippen LogP contribution in [-0.2, 0) is 0 Å². The monoisotopic (exact) mass is 298 g/mol. The van der Waals surface area contributed by atoms with E-state index in [0.29, 0.717) is 5.41 Å². The van der Waals surface area contributed by atoms with Crippen LogP contribution in [0, 0.1) is 11.3 Å². The van der Waals surface area contributed by atoms with Gasteiger partial charge in [-0.05, 0) is 24.2 Å². The van der Waals surface area contributed by atoms with Crippen LogP contribution in [0.2, 0.25) is 0 Å². The molecule has 0 amide bonds. The molecule has 0 spiro atoms. The molecular weight excluding hydrogens is 280 g/mol. The Morgan fingerprint density at radius 3 is 1.92 bits per heavy atom. The molecule has 12 heavy (non-hydrogen) atoms. The van der Waals surface area contributed by atoms with Crippen molar-refractivity contribution in [2.24, 2.45) is 11.3 Å². The number of hydrogen-bond acceptors (Lipinski definition) is 0. The van der Waals surface area contributed by atoms with Crippen LogP contribution < -0.4 is 0 Å². The van der Waals surface area contributed by atoms with Gasteiger partial charge in [0.25, 0.3) is 0 Å². The summed E-state index contributed by atoms with van der Waals surface area (Å²) in [5, 5.41) is 2.24. The zero-order valence-electron chi connectivity index (χ0n) is 8.37. The molecule has 0 saturated heterocycles. The van der Waals surface area contributed by atoms with Crippen molar-refractivity contribution in [3.8, 4) is 0 Å². The highest BCUT2D eigenvalue weighted by atomic mass is 79.9. The standard InChI is InChI=1S/C10H20Br2/c1-4-5-10(7-11,8-12)6-9(2)3/h9H,4-8H2,1-3H3. The van der Waals surface area contributed by atoms with Gasteiger partial charge in [0.2, 0.25) is 0 Å². The van der Waals surface area contributed by atoms with Gasteiger partial charge in [-0.2, -0.15) is 0 Å². The Balaban J connectivity index is 4.13. The summed E-state index contributed by atoms with van der Waals surface area (Å²) in [5.74, 6) is 0.798. The highest BCUT2D eigenvalue weighted by Crippen LogP contribution is 2.35. The maximum absolute atomic E-state index is 3.63. The maximum Gasteiger partial charge on any atom is 0.00960 e. The summed E-state index contributed by atoms with van der Waals surface area (Å²) < 4.78 is 0. The Hall–Kier alpha value is 0.960. The van der Waals surface area contributed by atoms with Crippen LogP contribution in [0.5, 0.6) is 0 Å². The number of rotatable bonds is 6. The fraction of sp³-hybridized carbons (Fsp3) is 1.00. The molecule has 0 unspecified atom stereocenters. The van der Waals surface area contributed by atoms with E-state index in [4.69, 9.17) is 0 Å². The highest BCUT2D eigenvalue weighted by Gasteiger charge is 2.27. The fourth-order valence-electron chi connectivity index (χ4n) is 1.78. The summed E-state index contributed by atoms with van der Waals surface area (Å²) in [6.45, 7) is 6.87.